The van der Waals surface area contributed by atoms with E-state index < -0.39 is 0 Å². The second-order valence-corrected chi connectivity index (χ2v) is 4.76. The van der Waals surface area contributed by atoms with Crippen LogP contribution in [0.15, 0.2) is 24.3 Å². The summed E-state index contributed by atoms with van der Waals surface area (Å²) in [5, 5.41) is 3.36. The largest absolute Gasteiger partial charge is 0.490 e. The number of rotatable bonds is 3. The van der Waals surface area contributed by atoms with E-state index in [0.29, 0.717) is 12.0 Å². The van der Waals surface area contributed by atoms with Gasteiger partial charge >= 0.3 is 0 Å². The van der Waals surface area contributed by atoms with Gasteiger partial charge in [0.15, 0.2) is 0 Å². The van der Waals surface area contributed by atoms with E-state index in [1.54, 1.807) is 0 Å². The third-order valence-corrected chi connectivity index (χ3v) is 3.12. The number of benzene rings is 1. The minimum absolute atomic E-state index is 0.390. The molecule has 2 nitrogen and oxygen atoms in total. The van der Waals surface area contributed by atoms with Crippen LogP contribution >= 0.6 is 0 Å². The highest BCUT2D eigenvalue weighted by Crippen LogP contribution is 2.27. The van der Waals surface area contributed by atoms with Crippen LogP contribution in [0, 0.1) is 0 Å². The molecule has 1 aliphatic heterocycles. The molecule has 0 spiro atoms. The lowest BCUT2D eigenvalue weighted by Crippen LogP contribution is -2.34. The van der Waals surface area contributed by atoms with Crippen molar-refractivity contribution in [3.63, 3.8) is 0 Å². The molecule has 2 rings (SSSR count). The summed E-state index contributed by atoms with van der Waals surface area (Å²) in [4.78, 5) is 0. The first kappa shape index (κ1) is 11.5. The number of hydrogen-bond acceptors (Lipinski definition) is 2. The average molecular weight is 219 g/mol. The second-order valence-electron chi connectivity index (χ2n) is 4.76. The summed E-state index contributed by atoms with van der Waals surface area (Å²) in [6.45, 7) is 6.58. The van der Waals surface area contributed by atoms with E-state index in [9.17, 15) is 0 Å². The molecule has 1 aromatic rings. The summed E-state index contributed by atoms with van der Waals surface area (Å²) in [6.07, 6.45) is 2.62. The van der Waals surface area contributed by atoms with E-state index in [1.165, 1.54) is 5.56 Å². The Labute approximate surface area is 98.0 Å². The second kappa shape index (κ2) is 5.35. The van der Waals surface area contributed by atoms with Crippen molar-refractivity contribution in [1.29, 1.82) is 0 Å². The van der Waals surface area contributed by atoms with Gasteiger partial charge in [0.25, 0.3) is 0 Å². The summed E-state index contributed by atoms with van der Waals surface area (Å²) in [6, 6.07) is 8.41. The van der Waals surface area contributed by atoms with Gasteiger partial charge < -0.3 is 10.1 Å². The highest BCUT2D eigenvalue weighted by atomic mass is 16.5. The fourth-order valence-electron chi connectivity index (χ4n) is 2.16. The van der Waals surface area contributed by atoms with Gasteiger partial charge in [0, 0.05) is 0 Å². The van der Waals surface area contributed by atoms with Gasteiger partial charge in [0.2, 0.25) is 0 Å². The van der Waals surface area contributed by atoms with Crippen LogP contribution in [0.5, 0.6) is 5.75 Å². The van der Waals surface area contributed by atoms with Gasteiger partial charge in [-0.05, 0) is 43.5 Å². The van der Waals surface area contributed by atoms with Gasteiger partial charge in [-0.3, -0.25) is 0 Å². The Bertz CT molecular complexity index is 329. The third-order valence-electron chi connectivity index (χ3n) is 3.12. The van der Waals surface area contributed by atoms with Gasteiger partial charge in [-0.2, -0.15) is 0 Å². The monoisotopic (exact) mass is 219 g/mol. The van der Waals surface area contributed by atoms with E-state index in [-0.39, 0.29) is 0 Å². The lowest BCUT2D eigenvalue weighted by molar-refractivity contribution is 0.160. The molecule has 16 heavy (non-hydrogen) atoms. The Morgan fingerprint density at radius 3 is 2.56 bits per heavy atom. The van der Waals surface area contributed by atoms with Gasteiger partial charge in [-0.1, -0.05) is 32.0 Å². The van der Waals surface area contributed by atoms with Crippen LogP contribution in [0.1, 0.15) is 38.2 Å². The van der Waals surface area contributed by atoms with Crippen LogP contribution in [0.4, 0.5) is 0 Å². The van der Waals surface area contributed by atoms with Crippen LogP contribution in [-0.2, 0) is 0 Å². The molecule has 1 aliphatic rings. The van der Waals surface area contributed by atoms with E-state index in [1.807, 2.05) is 0 Å². The summed E-state index contributed by atoms with van der Waals surface area (Å²) in [5.74, 6) is 1.60. The molecule has 1 heterocycles. The zero-order chi connectivity index (χ0) is 11.4. The van der Waals surface area contributed by atoms with E-state index in [0.717, 1.165) is 31.7 Å². The maximum atomic E-state index is 6.11. The Morgan fingerprint density at radius 1 is 1.19 bits per heavy atom. The maximum Gasteiger partial charge on any atom is 0.123 e. The molecule has 0 aromatic heterocycles. The highest BCUT2D eigenvalue weighted by Gasteiger charge is 2.16. The summed E-state index contributed by atoms with van der Waals surface area (Å²) < 4.78 is 6.11. The van der Waals surface area contributed by atoms with Crippen LogP contribution in [0.2, 0.25) is 0 Å². The highest BCUT2D eigenvalue weighted by molar-refractivity contribution is 5.35. The Morgan fingerprint density at radius 2 is 1.88 bits per heavy atom. The molecule has 88 valence electrons. The molecular weight excluding hydrogens is 198 g/mol. The van der Waals surface area contributed by atoms with E-state index in [4.69, 9.17) is 4.74 Å². The van der Waals surface area contributed by atoms with Crippen LogP contribution in [-0.4, -0.2) is 19.2 Å². The maximum absolute atomic E-state index is 6.11. The predicted octanol–water partition coefficient (Wildman–Crippen LogP) is 2.94. The topological polar surface area (TPSA) is 21.3 Å². The first-order valence-electron chi connectivity index (χ1n) is 6.23. The Balaban J connectivity index is 2.07. The summed E-state index contributed by atoms with van der Waals surface area (Å²) in [5.41, 5.74) is 1.32. The van der Waals surface area contributed by atoms with Crippen LogP contribution < -0.4 is 10.1 Å². The van der Waals surface area contributed by atoms with Crippen molar-refractivity contribution in [2.24, 2.45) is 0 Å². The zero-order valence-electron chi connectivity index (χ0n) is 10.2. The van der Waals surface area contributed by atoms with Crippen molar-refractivity contribution in [2.75, 3.05) is 13.1 Å². The van der Waals surface area contributed by atoms with Crippen LogP contribution in [0.3, 0.4) is 0 Å². The Kier molecular flexibility index (Phi) is 3.83. The molecule has 0 atom stereocenters. The fraction of sp³-hybridized carbons (Fsp3) is 0.571. The quantitative estimate of drug-likeness (QED) is 0.844. The van der Waals surface area contributed by atoms with Gasteiger partial charge in [0.1, 0.15) is 11.9 Å². The van der Waals surface area contributed by atoms with Crippen molar-refractivity contribution < 1.29 is 4.74 Å². The smallest absolute Gasteiger partial charge is 0.123 e. The molecule has 0 unspecified atom stereocenters. The number of hydrogen-bond donors (Lipinski definition) is 1. The molecule has 1 N–H and O–H groups in total. The standard InChI is InChI=1S/C14H21NO/c1-11(2)13-5-3-4-6-14(13)16-12-7-9-15-10-8-12/h3-6,11-12,15H,7-10H2,1-2H3. The van der Waals surface area contributed by atoms with Gasteiger partial charge in [0.05, 0.1) is 0 Å². The summed E-state index contributed by atoms with van der Waals surface area (Å²) in [7, 11) is 0. The molecule has 1 saturated heterocycles. The van der Waals surface area contributed by atoms with E-state index in [2.05, 4.69) is 43.4 Å². The predicted molar refractivity (Wildman–Crippen MR) is 67.1 cm³/mol. The number of para-hydroxylation sites is 1. The third kappa shape index (κ3) is 2.76. The average Bonchev–Trinajstić information content (AvgIpc) is 2.31. The first-order valence-corrected chi connectivity index (χ1v) is 6.23. The van der Waals surface area contributed by atoms with Crippen molar-refractivity contribution >= 4 is 0 Å². The zero-order valence-corrected chi connectivity index (χ0v) is 10.2. The van der Waals surface area contributed by atoms with Crippen molar-refractivity contribution in [3.8, 4) is 5.75 Å². The van der Waals surface area contributed by atoms with Gasteiger partial charge in [-0.25, -0.2) is 0 Å². The molecule has 0 aliphatic carbocycles. The Hall–Kier alpha value is -1.02. The number of nitrogens with one attached hydrogen (secondary N) is 1. The number of ether oxygens (including phenoxy) is 1. The molecule has 1 fully saturated rings. The first-order chi connectivity index (χ1) is 7.77. The van der Waals surface area contributed by atoms with Gasteiger partial charge in [-0.15, -0.1) is 0 Å². The molecular formula is C14H21NO. The number of piperidine rings is 1. The molecule has 0 bridgehead atoms. The SMILES string of the molecule is CC(C)c1ccccc1OC1CCNCC1. The van der Waals surface area contributed by atoms with Crippen LogP contribution in [0.25, 0.3) is 0 Å². The normalized spacial score (nSPS) is 17.7. The fourth-order valence-corrected chi connectivity index (χ4v) is 2.16. The lowest BCUT2D eigenvalue weighted by Gasteiger charge is -2.25. The summed E-state index contributed by atoms with van der Waals surface area (Å²) >= 11 is 0. The molecule has 0 saturated carbocycles. The van der Waals surface area contributed by atoms with E-state index >= 15 is 0 Å². The minimum Gasteiger partial charge on any atom is -0.490 e. The van der Waals surface area contributed by atoms with Crippen molar-refractivity contribution in [2.45, 2.75) is 38.7 Å². The molecule has 0 radical (unpaired) electrons. The minimum atomic E-state index is 0.390. The molecule has 0 amide bonds. The lowest BCUT2D eigenvalue weighted by atomic mass is 10.0. The van der Waals surface area contributed by atoms with Crippen molar-refractivity contribution in [3.05, 3.63) is 29.8 Å². The molecule has 2 heteroatoms. The van der Waals surface area contributed by atoms with Crippen molar-refractivity contribution in [1.82, 2.24) is 5.32 Å². The molecule has 1 aromatic carbocycles.